The van der Waals surface area contributed by atoms with Crippen LogP contribution in [0, 0.1) is 12.8 Å². The molecule has 1 atom stereocenters. The number of nitrogens with zero attached hydrogens (tertiary/aromatic N) is 1. The van der Waals surface area contributed by atoms with Crippen molar-refractivity contribution in [1.82, 2.24) is 10.2 Å². The molecule has 18 heavy (non-hydrogen) atoms. The molecule has 4 heteroatoms. The van der Waals surface area contributed by atoms with E-state index in [1.807, 2.05) is 37.1 Å². The van der Waals surface area contributed by atoms with Crippen molar-refractivity contribution in [3.8, 4) is 0 Å². The third kappa shape index (κ3) is 2.75. The summed E-state index contributed by atoms with van der Waals surface area (Å²) in [7, 11) is 1.96. The Morgan fingerprint density at radius 2 is 2.33 bits per heavy atom. The molecule has 3 nitrogen and oxygen atoms in total. The van der Waals surface area contributed by atoms with E-state index in [0.717, 1.165) is 41.7 Å². The first kappa shape index (κ1) is 13.6. The first-order valence-electron chi connectivity index (χ1n) is 6.32. The van der Waals surface area contributed by atoms with E-state index in [-0.39, 0.29) is 5.91 Å². The zero-order valence-corrected chi connectivity index (χ0v) is 12.5. The van der Waals surface area contributed by atoms with Gasteiger partial charge in [0.25, 0.3) is 5.91 Å². The Kier molecular flexibility index (Phi) is 4.40. The van der Waals surface area contributed by atoms with Crippen molar-refractivity contribution in [3.63, 3.8) is 0 Å². The molecule has 0 spiro atoms. The Morgan fingerprint density at radius 1 is 1.56 bits per heavy atom. The van der Waals surface area contributed by atoms with Gasteiger partial charge in [-0.1, -0.05) is 12.1 Å². The number of rotatable bonds is 3. The van der Waals surface area contributed by atoms with Crippen LogP contribution in [0.2, 0.25) is 0 Å². The smallest absolute Gasteiger partial charge is 0.255 e. The van der Waals surface area contributed by atoms with Crippen molar-refractivity contribution in [3.05, 3.63) is 33.8 Å². The molecule has 0 aliphatic carbocycles. The van der Waals surface area contributed by atoms with Crippen LogP contribution in [0.1, 0.15) is 22.3 Å². The molecule has 1 aliphatic rings. The minimum atomic E-state index is 0.143. The van der Waals surface area contributed by atoms with Crippen LogP contribution in [0.25, 0.3) is 0 Å². The Morgan fingerprint density at radius 3 is 3.06 bits per heavy atom. The maximum absolute atomic E-state index is 12.4. The molecule has 1 heterocycles. The average molecular weight is 311 g/mol. The molecule has 1 aromatic carbocycles. The van der Waals surface area contributed by atoms with Gasteiger partial charge in [0.2, 0.25) is 0 Å². The first-order chi connectivity index (χ1) is 8.63. The number of hydrogen-bond acceptors (Lipinski definition) is 2. The Labute approximate surface area is 117 Å². The number of amides is 1. The van der Waals surface area contributed by atoms with Crippen LogP contribution < -0.4 is 5.32 Å². The zero-order chi connectivity index (χ0) is 13.1. The van der Waals surface area contributed by atoms with E-state index >= 15 is 0 Å². The normalized spacial score (nSPS) is 19.3. The first-order valence-corrected chi connectivity index (χ1v) is 7.11. The molecule has 0 aromatic heterocycles. The van der Waals surface area contributed by atoms with Gasteiger partial charge in [-0.3, -0.25) is 4.79 Å². The molecule has 1 amide bonds. The number of likely N-dealkylation sites (tertiary alicyclic amines) is 1. The second-order valence-corrected chi connectivity index (χ2v) is 5.69. The molecule has 1 fully saturated rings. The number of halogens is 1. The molecule has 0 bridgehead atoms. The Balaban J connectivity index is 2.11. The lowest BCUT2D eigenvalue weighted by Crippen LogP contribution is -2.30. The molecule has 1 aromatic rings. The zero-order valence-electron chi connectivity index (χ0n) is 10.9. The molecule has 1 N–H and O–H groups in total. The molecule has 98 valence electrons. The van der Waals surface area contributed by atoms with Gasteiger partial charge in [-0.05, 0) is 60.4 Å². The van der Waals surface area contributed by atoms with Crippen LogP contribution in [0.4, 0.5) is 0 Å². The van der Waals surface area contributed by atoms with Crippen molar-refractivity contribution in [1.29, 1.82) is 0 Å². The molecular weight excluding hydrogens is 292 g/mol. The Hall–Kier alpha value is -0.870. The van der Waals surface area contributed by atoms with E-state index in [9.17, 15) is 4.79 Å². The Bertz CT molecular complexity index is 447. The summed E-state index contributed by atoms with van der Waals surface area (Å²) in [4.78, 5) is 14.4. The molecule has 1 saturated heterocycles. The van der Waals surface area contributed by atoms with Crippen molar-refractivity contribution in [2.45, 2.75) is 13.3 Å². The lowest BCUT2D eigenvalue weighted by atomic mass is 10.1. The van der Waals surface area contributed by atoms with Gasteiger partial charge in [0, 0.05) is 17.6 Å². The third-order valence-electron chi connectivity index (χ3n) is 3.49. The van der Waals surface area contributed by atoms with Crippen LogP contribution in [-0.2, 0) is 0 Å². The molecule has 1 unspecified atom stereocenters. The summed E-state index contributed by atoms with van der Waals surface area (Å²) >= 11 is 3.51. The molecule has 0 radical (unpaired) electrons. The fraction of sp³-hybridized carbons (Fsp3) is 0.500. The number of benzene rings is 1. The van der Waals surface area contributed by atoms with Gasteiger partial charge in [0.15, 0.2) is 0 Å². The second-order valence-electron chi connectivity index (χ2n) is 4.90. The highest BCUT2D eigenvalue weighted by atomic mass is 79.9. The highest BCUT2D eigenvalue weighted by Gasteiger charge is 2.27. The summed E-state index contributed by atoms with van der Waals surface area (Å²) in [6.07, 6.45) is 1.09. The van der Waals surface area contributed by atoms with E-state index < -0.39 is 0 Å². The third-order valence-corrected chi connectivity index (χ3v) is 4.54. The van der Waals surface area contributed by atoms with Gasteiger partial charge in [0.05, 0.1) is 5.56 Å². The summed E-state index contributed by atoms with van der Waals surface area (Å²) < 4.78 is 0.923. The fourth-order valence-electron chi connectivity index (χ4n) is 2.46. The number of carbonyl (C=O) groups is 1. The van der Waals surface area contributed by atoms with Gasteiger partial charge in [0.1, 0.15) is 0 Å². The van der Waals surface area contributed by atoms with Crippen molar-refractivity contribution >= 4 is 21.8 Å². The summed E-state index contributed by atoms with van der Waals surface area (Å²) in [6, 6.07) is 5.84. The number of carbonyl (C=O) groups excluding carboxylic acids is 1. The predicted octanol–water partition coefficient (Wildman–Crippen LogP) is 2.44. The SMILES string of the molecule is CNCC1CCN(C(=O)c2cccc(C)c2Br)C1. The fourth-order valence-corrected chi connectivity index (χ4v) is 2.89. The van der Waals surface area contributed by atoms with Crippen LogP contribution >= 0.6 is 15.9 Å². The number of nitrogens with one attached hydrogen (secondary N) is 1. The van der Waals surface area contributed by atoms with Crippen LogP contribution in [0.5, 0.6) is 0 Å². The van der Waals surface area contributed by atoms with Crippen molar-refractivity contribution in [2.24, 2.45) is 5.92 Å². The number of hydrogen-bond donors (Lipinski definition) is 1. The van der Waals surface area contributed by atoms with Crippen LogP contribution in [0.3, 0.4) is 0 Å². The second kappa shape index (κ2) is 5.85. The average Bonchev–Trinajstić information content (AvgIpc) is 2.81. The molecule has 0 saturated carbocycles. The van der Waals surface area contributed by atoms with E-state index in [0.29, 0.717) is 5.92 Å². The van der Waals surface area contributed by atoms with Gasteiger partial charge >= 0.3 is 0 Å². The van der Waals surface area contributed by atoms with Gasteiger partial charge in [-0.15, -0.1) is 0 Å². The number of aryl methyl sites for hydroxylation is 1. The van der Waals surface area contributed by atoms with Gasteiger partial charge < -0.3 is 10.2 Å². The standard InChI is InChI=1S/C14H19BrN2O/c1-10-4-3-5-12(13(10)15)14(18)17-7-6-11(9-17)8-16-2/h3-5,11,16H,6-9H2,1-2H3. The minimum absolute atomic E-state index is 0.143. The maximum atomic E-state index is 12.4. The van der Waals surface area contributed by atoms with E-state index in [1.165, 1.54) is 0 Å². The summed E-state index contributed by atoms with van der Waals surface area (Å²) in [5.74, 6) is 0.728. The topological polar surface area (TPSA) is 32.3 Å². The quantitative estimate of drug-likeness (QED) is 0.930. The predicted molar refractivity (Wildman–Crippen MR) is 76.8 cm³/mol. The van der Waals surface area contributed by atoms with Crippen molar-refractivity contribution in [2.75, 3.05) is 26.7 Å². The van der Waals surface area contributed by atoms with Crippen LogP contribution in [-0.4, -0.2) is 37.5 Å². The minimum Gasteiger partial charge on any atom is -0.338 e. The highest BCUT2D eigenvalue weighted by molar-refractivity contribution is 9.10. The van der Waals surface area contributed by atoms with E-state index in [4.69, 9.17) is 0 Å². The highest BCUT2D eigenvalue weighted by Crippen LogP contribution is 2.25. The summed E-state index contributed by atoms with van der Waals surface area (Å²) in [6.45, 7) is 4.72. The largest absolute Gasteiger partial charge is 0.338 e. The van der Waals surface area contributed by atoms with Crippen LogP contribution in [0.15, 0.2) is 22.7 Å². The summed E-state index contributed by atoms with van der Waals surface area (Å²) in [5.41, 5.74) is 1.88. The van der Waals surface area contributed by atoms with Gasteiger partial charge in [-0.25, -0.2) is 0 Å². The van der Waals surface area contributed by atoms with Gasteiger partial charge in [-0.2, -0.15) is 0 Å². The van der Waals surface area contributed by atoms with E-state index in [2.05, 4.69) is 21.2 Å². The molecule has 2 rings (SSSR count). The monoisotopic (exact) mass is 310 g/mol. The maximum Gasteiger partial charge on any atom is 0.255 e. The summed E-state index contributed by atoms with van der Waals surface area (Å²) in [5, 5.41) is 3.18. The van der Waals surface area contributed by atoms with E-state index in [1.54, 1.807) is 0 Å². The molecule has 1 aliphatic heterocycles. The van der Waals surface area contributed by atoms with Crippen molar-refractivity contribution < 1.29 is 4.79 Å². The lowest BCUT2D eigenvalue weighted by molar-refractivity contribution is 0.0786. The molecular formula is C14H19BrN2O. The lowest BCUT2D eigenvalue weighted by Gasteiger charge is -2.18.